The number of benzene rings is 1. The van der Waals surface area contributed by atoms with Crippen molar-refractivity contribution >= 4 is 23.4 Å². The summed E-state index contributed by atoms with van der Waals surface area (Å²) in [5, 5.41) is 38.6. The van der Waals surface area contributed by atoms with E-state index in [9.17, 15) is 24.9 Å². The average molecular weight is 558 g/mol. The Labute approximate surface area is 236 Å². The van der Waals surface area contributed by atoms with Crippen molar-refractivity contribution in [3.8, 4) is 11.5 Å². The first-order valence-corrected chi connectivity index (χ1v) is 13.3. The van der Waals surface area contributed by atoms with Crippen molar-refractivity contribution in [1.82, 2.24) is 0 Å². The van der Waals surface area contributed by atoms with E-state index in [0.717, 1.165) is 0 Å². The Balaban J connectivity index is 2.58. The zero-order valence-electron chi connectivity index (χ0n) is 23.9. The molecular formula is C30H43N3O7. The molecule has 0 aromatic heterocycles. The third kappa shape index (κ3) is 8.89. The largest absolute Gasteiger partial charge is 0.506 e. The van der Waals surface area contributed by atoms with Crippen molar-refractivity contribution < 1.29 is 34.4 Å². The number of hydrogen-bond donors (Lipinski definition) is 6. The third-order valence-corrected chi connectivity index (χ3v) is 6.96. The fourth-order valence-corrected chi connectivity index (χ4v) is 4.62. The minimum atomic E-state index is -0.966. The Morgan fingerprint density at radius 1 is 1.27 bits per heavy atom. The molecule has 0 radical (unpaired) electrons. The van der Waals surface area contributed by atoms with Crippen LogP contribution in [0.15, 0.2) is 54.2 Å². The van der Waals surface area contributed by atoms with Gasteiger partial charge in [0, 0.05) is 36.8 Å². The number of nitrogens with one attached hydrogen (secondary N) is 2. The number of anilines is 2. The monoisotopic (exact) mass is 557 g/mol. The fraction of sp³-hybridized carbons (Fsp3) is 0.467. The van der Waals surface area contributed by atoms with Gasteiger partial charge in [0.15, 0.2) is 6.10 Å². The first-order valence-electron chi connectivity index (χ1n) is 13.3. The summed E-state index contributed by atoms with van der Waals surface area (Å²) < 4.78 is 10.9. The summed E-state index contributed by atoms with van der Waals surface area (Å²) in [5.74, 6) is -1.03. The molecule has 0 saturated carbocycles. The number of aromatic hydroxyl groups is 2. The lowest BCUT2D eigenvalue weighted by Gasteiger charge is -2.26. The smallest absolute Gasteiger partial charge is 0.405 e. The third-order valence-electron chi connectivity index (χ3n) is 6.96. The first kappa shape index (κ1) is 32.5. The average Bonchev–Trinajstić information content (AvgIpc) is 2.90. The number of phenolic OH excluding ortho intramolecular Hbond substituents is 2. The lowest BCUT2D eigenvalue weighted by molar-refractivity contribution is -0.112. The number of allylic oxidation sites excluding steroid dienone is 2. The van der Waals surface area contributed by atoms with Crippen molar-refractivity contribution in [3.05, 3.63) is 59.7 Å². The van der Waals surface area contributed by atoms with Crippen LogP contribution in [0.3, 0.4) is 0 Å². The zero-order chi connectivity index (χ0) is 30.0. The standard InChI is InChI=1S/C30H43N3O7/c1-7-13-32-26-21-14-17(2)11-12-23(34)19(4)15-20(5)28(40-30(31)38)25(39-6)10-8-9-18(3)29(37)33-22(27(21)36)16-24(26)35/h7-10,15-17,19,23,25,28,32,34-36H,1,11-14H2,2-6H3,(H2,31,38)(H,33,37)/b10-8-,18-9+,20-15+/t17-,19-,23-,25-,28-/m0/s1. The summed E-state index contributed by atoms with van der Waals surface area (Å²) in [4.78, 5) is 24.6. The molecule has 220 valence electrons. The number of aliphatic hydroxyl groups is 1. The maximum Gasteiger partial charge on any atom is 0.405 e. The van der Waals surface area contributed by atoms with Crippen molar-refractivity contribution in [1.29, 1.82) is 0 Å². The van der Waals surface area contributed by atoms with E-state index in [0.29, 0.717) is 48.2 Å². The molecule has 1 aliphatic heterocycles. The maximum atomic E-state index is 12.9. The van der Waals surface area contributed by atoms with E-state index in [1.165, 1.54) is 13.2 Å². The number of amides is 2. The van der Waals surface area contributed by atoms with E-state index in [2.05, 4.69) is 17.2 Å². The minimum Gasteiger partial charge on any atom is -0.506 e. The summed E-state index contributed by atoms with van der Waals surface area (Å²) in [7, 11) is 1.46. The van der Waals surface area contributed by atoms with Crippen LogP contribution in [-0.4, -0.2) is 59.3 Å². The second-order valence-corrected chi connectivity index (χ2v) is 10.3. The number of nitrogens with two attached hydrogens (primary N) is 1. The molecule has 40 heavy (non-hydrogen) atoms. The molecule has 10 heteroatoms. The number of carbonyl (C=O) groups is 2. The van der Waals surface area contributed by atoms with Gasteiger partial charge in [-0.2, -0.15) is 0 Å². The molecule has 0 fully saturated rings. The quantitative estimate of drug-likeness (QED) is 0.175. The Bertz CT molecular complexity index is 1160. The van der Waals surface area contributed by atoms with Gasteiger partial charge in [0.2, 0.25) is 0 Å². The highest BCUT2D eigenvalue weighted by atomic mass is 16.6. The number of fused-ring (bicyclic) bond motifs is 2. The SMILES string of the molecule is C=CCNc1c(O)cc2c(O)c1C[C@@H](C)CC[C@H](O)[C@@H](C)/C=C(\C)[C@H](OC(N)=O)[C@@H](OC)/C=C\C=C(/C)C(=O)N2. The van der Waals surface area contributed by atoms with Crippen LogP contribution in [0.4, 0.5) is 16.2 Å². The van der Waals surface area contributed by atoms with Gasteiger partial charge in [0.1, 0.15) is 17.6 Å². The van der Waals surface area contributed by atoms with Gasteiger partial charge in [-0.15, -0.1) is 6.58 Å². The number of phenols is 2. The maximum absolute atomic E-state index is 12.9. The molecule has 1 aliphatic rings. The number of hydrogen-bond acceptors (Lipinski definition) is 8. The number of ether oxygens (including phenoxy) is 2. The molecule has 2 bridgehead atoms. The van der Waals surface area contributed by atoms with Gasteiger partial charge in [-0.05, 0) is 44.6 Å². The molecule has 2 rings (SSSR count). The van der Waals surface area contributed by atoms with Crippen molar-refractivity contribution in [2.24, 2.45) is 17.6 Å². The van der Waals surface area contributed by atoms with Crippen molar-refractivity contribution in [2.45, 2.75) is 65.3 Å². The summed E-state index contributed by atoms with van der Waals surface area (Å²) in [6.45, 7) is 11.3. The molecule has 1 aromatic carbocycles. The molecule has 1 aromatic rings. The van der Waals surface area contributed by atoms with Gasteiger partial charge in [0.05, 0.1) is 17.5 Å². The minimum absolute atomic E-state index is 0.00388. The fourth-order valence-electron chi connectivity index (χ4n) is 4.62. The van der Waals surface area contributed by atoms with Crippen LogP contribution in [0.2, 0.25) is 0 Å². The highest BCUT2D eigenvalue weighted by Crippen LogP contribution is 2.42. The summed E-state index contributed by atoms with van der Waals surface area (Å²) >= 11 is 0. The lowest BCUT2D eigenvalue weighted by Crippen LogP contribution is -2.35. The van der Waals surface area contributed by atoms with Gasteiger partial charge < -0.3 is 41.2 Å². The van der Waals surface area contributed by atoms with Crippen LogP contribution in [-0.2, 0) is 20.7 Å². The summed E-state index contributed by atoms with van der Waals surface area (Å²) in [6, 6.07) is 1.30. The number of rotatable bonds is 5. The van der Waals surface area contributed by atoms with E-state index < -0.39 is 30.3 Å². The van der Waals surface area contributed by atoms with E-state index in [-0.39, 0.29) is 29.0 Å². The van der Waals surface area contributed by atoms with Gasteiger partial charge in [-0.1, -0.05) is 44.2 Å². The predicted molar refractivity (Wildman–Crippen MR) is 156 cm³/mol. The number of methoxy groups -OCH3 is 1. The molecule has 2 amide bonds. The van der Waals surface area contributed by atoms with Gasteiger partial charge in [-0.3, -0.25) is 4.79 Å². The topological polar surface area (TPSA) is 163 Å². The van der Waals surface area contributed by atoms with E-state index in [1.807, 2.05) is 19.9 Å². The molecule has 0 spiro atoms. The predicted octanol–water partition coefficient (Wildman–Crippen LogP) is 4.53. The second-order valence-electron chi connectivity index (χ2n) is 10.3. The molecular weight excluding hydrogens is 514 g/mol. The van der Waals surface area contributed by atoms with Gasteiger partial charge >= 0.3 is 6.09 Å². The van der Waals surface area contributed by atoms with Crippen LogP contribution in [0.1, 0.15) is 46.1 Å². The lowest BCUT2D eigenvalue weighted by atomic mass is 9.89. The first-order chi connectivity index (χ1) is 18.9. The number of carbonyl (C=O) groups excluding carboxylic acids is 2. The molecule has 10 nitrogen and oxygen atoms in total. The molecule has 0 saturated heterocycles. The number of primary amides is 1. The number of aliphatic hydroxyl groups excluding tert-OH is 1. The zero-order valence-corrected chi connectivity index (χ0v) is 23.9. The van der Waals surface area contributed by atoms with Crippen LogP contribution in [0.5, 0.6) is 11.5 Å². The van der Waals surface area contributed by atoms with Crippen LogP contribution >= 0.6 is 0 Å². The molecule has 7 N–H and O–H groups in total. The molecule has 0 aliphatic carbocycles. The second kappa shape index (κ2) is 15.1. The van der Waals surface area contributed by atoms with Crippen LogP contribution in [0.25, 0.3) is 0 Å². The Morgan fingerprint density at radius 3 is 2.60 bits per heavy atom. The highest BCUT2D eigenvalue weighted by Gasteiger charge is 2.26. The van der Waals surface area contributed by atoms with Crippen molar-refractivity contribution in [2.75, 3.05) is 24.3 Å². The Morgan fingerprint density at radius 2 is 1.98 bits per heavy atom. The van der Waals surface area contributed by atoms with Gasteiger partial charge in [-0.25, -0.2) is 4.79 Å². The van der Waals surface area contributed by atoms with E-state index >= 15 is 0 Å². The molecule has 0 unspecified atom stereocenters. The molecule has 1 heterocycles. The van der Waals surface area contributed by atoms with Crippen LogP contribution in [0, 0.1) is 11.8 Å². The highest BCUT2D eigenvalue weighted by molar-refractivity contribution is 6.04. The van der Waals surface area contributed by atoms with Crippen LogP contribution < -0.4 is 16.4 Å². The summed E-state index contributed by atoms with van der Waals surface area (Å²) in [6.07, 6.45) is 6.44. The molecule has 5 atom stereocenters. The van der Waals surface area contributed by atoms with E-state index in [4.69, 9.17) is 15.2 Å². The van der Waals surface area contributed by atoms with Gasteiger partial charge in [0.25, 0.3) is 5.91 Å². The Hall–Kier alpha value is -3.76. The van der Waals surface area contributed by atoms with E-state index in [1.54, 1.807) is 38.2 Å². The Kier molecular flexibility index (Phi) is 12.3. The van der Waals surface area contributed by atoms with Crippen molar-refractivity contribution in [3.63, 3.8) is 0 Å². The normalized spacial score (nSPS) is 28.2. The summed E-state index contributed by atoms with van der Waals surface area (Å²) in [5.41, 5.74) is 7.17.